The molecule has 0 atom stereocenters. The highest BCUT2D eigenvalue weighted by molar-refractivity contribution is 5.23. The molecular formula is C21H43NO2. The molecule has 3 nitrogen and oxygen atoms in total. The lowest BCUT2D eigenvalue weighted by Gasteiger charge is -2.24. The summed E-state index contributed by atoms with van der Waals surface area (Å²) in [6, 6.07) is 8.50. The zero-order chi connectivity index (χ0) is 19.6. The molecule has 0 unspecified atom stereocenters. The zero-order valence-electron chi connectivity index (χ0n) is 17.4. The second kappa shape index (κ2) is 18.4. The second-order valence-corrected chi connectivity index (χ2v) is 5.59. The fourth-order valence-corrected chi connectivity index (χ4v) is 1.91. The van der Waals surface area contributed by atoms with Crippen LogP contribution in [0, 0.1) is 5.92 Å². The van der Waals surface area contributed by atoms with Gasteiger partial charge in [-0.05, 0) is 36.3 Å². The van der Waals surface area contributed by atoms with Gasteiger partial charge in [-0.25, -0.2) is 0 Å². The molecule has 0 aliphatic carbocycles. The molecule has 4 N–H and O–H groups in total. The summed E-state index contributed by atoms with van der Waals surface area (Å²) in [5, 5.41) is 18.2. The molecule has 0 aromatic heterocycles. The Morgan fingerprint density at radius 2 is 1.21 bits per heavy atom. The third-order valence-corrected chi connectivity index (χ3v) is 3.21. The number of hydrogen-bond acceptors (Lipinski definition) is 3. The van der Waals surface area contributed by atoms with E-state index in [-0.39, 0.29) is 13.2 Å². The van der Waals surface area contributed by atoms with Crippen molar-refractivity contribution >= 4 is 0 Å². The maximum Gasteiger partial charge on any atom is 0.0633 e. The molecule has 1 rings (SSSR count). The van der Waals surface area contributed by atoms with Gasteiger partial charge in [0.25, 0.3) is 0 Å². The summed E-state index contributed by atoms with van der Waals surface area (Å²) in [6.07, 6.45) is 2.46. The average molecular weight is 342 g/mol. The number of aryl methyl sites for hydroxylation is 1. The molecule has 0 aliphatic heterocycles. The van der Waals surface area contributed by atoms with E-state index in [1.165, 1.54) is 11.1 Å². The van der Waals surface area contributed by atoms with Gasteiger partial charge in [-0.2, -0.15) is 0 Å². The molecule has 0 radical (unpaired) electrons. The van der Waals surface area contributed by atoms with Crippen LogP contribution in [0.2, 0.25) is 0 Å². The first kappa shape index (κ1) is 27.9. The van der Waals surface area contributed by atoms with E-state index in [4.69, 9.17) is 15.9 Å². The normalized spacial score (nSPS) is 9.83. The van der Waals surface area contributed by atoms with E-state index in [2.05, 4.69) is 38.1 Å². The standard InChI is InChI=1S/C15H25NO2.3C2H6/c1-12(2)9-14-5-3-13(4-6-14)7-8-15(16,10-17)11-18;3*1-2/h3-6,12,17-18H,7-11,16H2,1-2H3;3*1-2H3. The summed E-state index contributed by atoms with van der Waals surface area (Å²) < 4.78 is 0. The summed E-state index contributed by atoms with van der Waals surface area (Å²) in [6.45, 7) is 16.0. The highest BCUT2D eigenvalue weighted by atomic mass is 16.3. The molecular weight excluding hydrogens is 298 g/mol. The molecule has 0 aliphatic rings. The van der Waals surface area contributed by atoms with Gasteiger partial charge in [-0.1, -0.05) is 79.7 Å². The van der Waals surface area contributed by atoms with Gasteiger partial charge >= 0.3 is 0 Å². The predicted octanol–water partition coefficient (Wildman–Crippen LogP) is 4.58. The molecule has 1 aromatic rings. The van der Waals surface area contributed by atoms with Gasteiger partial charge < -0.3 is 15.9 Å². The summed E-state index contributed by atoms with van der Waals surface area (Å²) >= 11 is 0. The molecule has 0 bridgehead atoms. The van der Waals surface area contributed by atoms with Crippen LogP contribution in [0.5, 0.6) is 0 Å². The summed E-state index contributed by atoms with van der Waals surface area (Å²) in [4.78, 5) is 0. The lowest BCUT2D eigenvalue weighted by Crippen LogP contribution is -2.47. The number of rotatable bonds is 7. The lowest BCUT2D eigenvalue weighted by atomic mass is 9.93. The minimum absolute atomic E-state index is 0.186. The van der Waals surface area contributed by atoms with Crippen molar-refractivity contribution in [1.82, 2.24) is 0 Å². The van der Waals surface area contributed by atoms with Crippen LogP contribution in [0.4, 0.5) is 0 Å². The highest BCUT2D eigenvalue weighted by Gasteiger charge is 2.22. The van der Waals surface area contributed by atoms with Gasteiger partial charge in [0.05, 0.1) is 18.8 Å². The predicted molar refractivity (Wildman–Crippen MR) is 108 cm³/mol. The summed E-state index contributed by atoms with van der Waals surface area (Å²) in [5.41, 5.74) is 7.51. The number of aliphatic hydroxyl groups is 2. The van der Waals surface area contributed by atoms with Crippen LogP contribution in [-0.4, -0.2) is 29.0 Å². The Morgan fingerprint density at radius 3 is 1.54 bits per heavy atom. The van der Waals surface area contributed by atoms with E-state index in [0.717, 1.165) is 12.8 Å². The molecule has 144 valence electrons. The van der Waals surface area contributed by atoms with Crippen molar-refractivity contribution in [3.05, 3.63) is 35.4 Å². The molecule has 3 heteroatoms. The van der Waals surface area contributed by atoms with Gasteiger partial charge in [-0.15, -0.1) is 0 Å². The third kappa shape index (κ3) is 13.5. The third-order valence-electron chi connectivity index (χ3n) is 3.21. The Bertz CT molecular complexity index is 343. The van der Waals surface area contributed by atoms with E-state index in [0.29, 0.717) is 12.3 Å². The summed E-state index contributed by atoms with van der Waals surface area (Å²) in [7, 11) is 0. The maximum absolute atomic E-state index is 9.12. The Kier molecular flexibility index (Phi) is 21.5. The molecule has 24 heavy (non-hydrogen) atoms. The van der Waals surface area contributed by atoms with Gasteiger partial charge in [0.2, 0.25) is 0 Å². The maximum atomic E-state index is 9.12. The van der Waals surface area contributed by atoms with E-state index >= 15 is 0 Å². The van der Waals surface area contributed by atoms with Crippen LogP contribution in [0.1, 0.15) is 72.9 Å². The fourth-order valence-electron chi connectivity index (χ4n) is 1.91. The van der Waals surface area contributed by atoms with Crippen molar-refractivity contribution in [2.45, 2.75) is 80.2 Å². The van der Waals surface area contributed by atoms with Crippen LogP contribution in [0.15, 0.2) is 24.3 Å². The Morgan fingerprint density at radius 1 is 0.833 bits per heavy atom. The lowest BCUT2D eigenvalue weighted by molar-refractivity contribution is 0.115. The van der Waals surface area contributed by atoms with Crippen molar-refractivity contribution < 1.29 is 10.2 Å². The number of hydrogen-bond donors (Lipinski definition) is 3. The first-order chi connectivity index (χ1) is 11.5. The van der Waals surface area contributed by atoms with E-state index < -0.39 is 5.54 Å². The van der Waals surface area contributed by atoms with Crippen molar-refractivity contribution in [3.8, 4) is 0 Å². The highest BCUT2D eigenvalue weighted by Crippen LogP contribution is 2.14. The molecule has 0 heterocycles. The smallest absolute Gasteiger partial charge is 0.0633 e. The number of nitrogens with two attached hydrogens (primary N) is 1. The van der Waals surface area contributed by atoms with E-state index in [1.807, 2.05) is 41.5 Å². The monoisotopic (exact) mass is 341 g/mol. The Balaban J connectivity index is -0.000000659. The molecule has 0 fully saturated rings. The minimum atomic E-state index is -0.864. The number of benzene rings is 1. The SMILES string of the molecule is CC.CC.CC.CC(C)Cc1ccc(CCC(N)(CO)CO)cc1. The molecule has 0 amide bonds. The molecule has 0 spiro atoms. The van der Waals surface area contributed by atoms with Crippen molar-refractivity contribution in [2.24, 2.45) is 11.7 Å². The average Bonchev–Trinajstić information content (AvgIpc) is 2.65. The van der Waals surface area contributed by atoms with Gasteiger partial charge in [0, 0.05) is 0 Å². The Labute approximate surface area is 151 Å². The second-order valence-electron chi connectivity index (χ2n) is 5.59. The quantitative estimate of drug-likeness (QED) is 0.680. The van der Waals surface area contributed by atoms with E-state index in [1.54, 1.807) is 0 Å². The first-order valence-corrected chi connectivity index (χ1v) is 9.57. The zero-order valence-corrected chi connectivity index (χ0v) is 17.4. The van der Waals surface area contributed by atoms with Gasteiger partial charge in [-0.3, -0.25) is 0 Å². The largest absolute Gasteiger partial charge is 0.394 e. The van der Waals surface area contributed by atoms with Crippen molar-refractivity contribution in [2.75, 3.05) is 13.2 Å². The van der Waals surface area contributed by atoms with Crippen LogP contribution < -0.4 is 5.73 Å². The van der Waals surface area contributed by atoms with E-state index in [9.17, 15) is 0 Å². The first-order valence-electron chi connectivity index (χ1n) is 9.57. The Hall–Kier alpha value is -0.900. The topological polar surface area (TPSA) is 66.5 Å². The van der Waals surface area contributed by atoms with Gasteiger partial charge in [0.15, 0.2) is 0 Å². The van der Waals surface area contributed by atoms with Crippen LogP contribution in [0.25, 0.3) is 0 Å². The molecule has 0 saturated heterocycles. The van der Waals surface area contributed by atoms with Gasteiger partial charge in [0.1, 0.15) is 0 Å². The molecule has 1 aromatic carbocycles. The van der Waals surface area contributed by atoms with Crippen LogP contribution in [-0.2, 0) is 12.8 Å². The molecule has 0 saturated carbocycles. The van der Waals surface area contributed by atoms with Crippen LogP contribution in [0.3, 0.4) is 0 Å². The number of aliphatic hydroxyl groups excluding tert-OH is 2. The fraction of sp³-hybridized carbons (Fsp3) is 0.714. The van der Waals surface area contributed by atoms with Crippen molar-refractivity contribution in [1.29, 1.82) is 0 Å². The van der Waals surface area contributed by atoms with Crippen molar-refractivity contribution in [3.63, 3.8) is 0 Å². The minimum Gasteiger partial charge on any atom is -0.394 e. The summed E-state index contributed by atoms with van der Waals surface area (Å²) in [5.74, 6) is 0.663. The van der Waals surface area contributed by atoms with Crippen LogP contribution >= 0.6 is 0 Å².